The van der Waals surface area contributed by atoms with Crippen LogP contribution in [0.5, 0.6) is 11.5 Å². The van der Waals surface area contributed by atoms with Gasteiger partial charge in [0.05, 0.1) is 0 Å². The Bertz CT molecular complexity index is 526. The highest BCUT2D eigenvalue weighted by molar-refractivity contribution is 5.59. The lowest BCUT2D eigenvalue weighted by molar-refractivity contribution is 0.141. The van der Waals surface area contributed by atoms with E-state index in [4.69, 9.17) is 15.4 Å². The van der Waals surface area contributed by atoms with Crippen LogP contribution in [-0.4, -0.2) is 32.0 Å². The fourth-order valence-electron chi connectivity index (χ4n) is 1.25. The first-order valence-corrected chi connectivity index (χ1v) is 4.86. The van der Waals surface area contributed by atoms with Gasteiger partial charge in [-0.05, 0) is 18.2 Å². The Balaban J connectivity index is 2.33. The number of hydrogen-bond acceptors (Lipinski definition) is 7. The third kappa shape index (κ3) is 2.19. The minimum Gasteiger partial charge on any atom is -0.504 e. The second kappa shape index (κ2) is 4.40. The summed E-state index contributed by atoms with van der Waals surface area (Å²) in [4.78, 5) is 3.92. The predicted octanol–water partition coefficient (Wildman–Crippen LogP) is 0.140. The summed E-state index contributed by atoms with van der Waals surface area (Å²) < 4.78 is 4.81. The number of aromatic nitrogens is 2. The molecule has 2 aromatic rings. The molecule has 0 fully saturated rings. The van der Waals surface area contributed by atoms with E-state index in [1.54, 1.807) is 0 Å². The molecule has 7 nitrogen and oxygen atoms in total. The zero-order valence-corrected chi connectivity index (χ0v) is 8.74. The van der Waals surface area contributed by atoms with Crippen molar-refractivity contribution < 1.29 is 19.8 Å². The van der Waals surface area contributed by atoms with Crippen molar-refractivity contribution in [3.63, 3.8) is 0 Å². The van der Waals surface area contributed by atoms with Crippen LogP contribution in [0.4, 0.5) is 0 Å². The van der Waals surface area contributed by atoms with Crippen LogP contribution in [0, 0.1) is 0 Å². The van der Waals surface area contributed by atoms with Gasteiger partial charge in [-0.1, -0.05) is 5.16 Å². The van der Waals surface area contributed by atoms with Crippen molar-refractivity contribution in [1.29, 1.82) is 0 Å². The Morgan fingerprint density at radius 1 is 1.29 bits per heavy atom. The van der Waals surface area contributed by atoms with Crippen LogP contribution < -0.4 is 5.73 Å². The van der Waals surface area contributed by atoms with Crippen LogP contribution >= 0.6 is 0 Å². The summed E-state index contributed by atoms with van der Waals surface area (Å²) in [5.41, 5.74) is 5.70. The van der Waals surface area contributed by atoms with Gasteiger partial charge in [0.25, 0.3) is 5.89 Å². The van der Waals surface area contributed by atoms with Gasteiger partial charge in [0.1, 0.15) is 6.10 Å². The van der Waals surface area contributed by atoms with Gasteiger partial charge >= 0.3 is 0 Å². The van der Waals surface area contributed by atoms with E-state index < -0.39 is 6.10 Å². The number of phenolic OH excluding ortho intramolecular Hbond substituents is 2. The Hall–Kier alpha value is -2.12. The molecule has 0 aliphatic heterocycles. The van der Waals surface area contributed by atoms with Crippen LogP contribution in [-0.2, 0) is 0 Å². The topological polar surface area (TPSA) is 126 Å². The first-order valence-electron chi connectivity index (χ1n) is 4.86. The Kier molecular flexibility index (Phi) is 2.94. The summed E-state index contributed by atoms with van der Waals surface area (Å²) in [7, 11) is 0. The molecule has 0 aliphatic rings. The number of rotatable bonds is 3. The summed E-state index contributed by atoms with van der Waals surface area (Å²) >= 11 is 0. The van der Waals surface area contributed by atoms with Crippen LogP contribution in [0.3, 0.4) is 0 Å². The van der Waals surface area contributed by atoms with Gasteiger partial charge in [-0.2, -0.15) is 4.98 Å². The molecule has 0 saturated heterocycles. The van der Waals surface area contributed by atoms with Gasteiger partial charge in [0, 0.05) is 12.1 Å². The number of benzene rings is 1. The van der Waals surface area contributed by atoms with Gasteiger partial charge < -0.3 is 25.6 Å². The molecular weight excluding hydrogens is 226 g/mol. The van der Waals surface area contributed by atoms with Crippen molar-refractivity contribution >= 4 is 0 Å². The Morgan fingerprint density at radius 3 is 2.71 bits per heavy atom. The van der Waals surface area contributed by atoms with Crippen molar-refractivity contribution in [3.8, 4) is 22.9 Å². The smallest absolute Gasteiger partial charge is 0.257 e. The van der Waals surface area contributed by atoms with E-state index in [9.17, 15) is 10.2 Å². The molecule has 0 amide bonds. The molecule has 5 N–H and O–H groups in total. The highest BCUT2D eigenvalue weighted by Crippen LogP contribution is 2.29. The summed E-state index contributed by atoms with van der Waals surface area (Å²) in [6.45, 7) is -0.0253. The number of phenols is 2. The maximum Gasteiger partial charge on any atom is 0.257 e. The molecule has 0 aliphatic carbocycles. The number of aliphatic hydroxyl groups is 1. The largest absolute Gasteiger partial charge is 0.504 e. The molecule has 1 aromatic heterocycles. The Morgan fingerprint density at radius 2 is 2.06 bits per heavy atom. The van der Waals surface area contributed by atoms with Gasteiger partial charge in [-0.15, -0.1) is 0 Å². The molecule has 17 heavy (non-hydrogen) atoms. The normalized spacial score (nSPS) is 12.6. The van der Waals surface area contributed by atoms with Crippen molar-refractivity contribution in [2.45, 2.75) is 6.10 Å². The highest BCUT2D eigenvalue weighted by atomic mass is 16.5. The lowest BCUT2D eigenvalue weighted by Gasteiger charge is -1.99. The second-order valence-corrected chi connectivity index (χ2v) is 3.41. The molecule has 2 rings (SSSR count). The molecule has 1 atom stereocenters. The third-order valence-corrected chi connectivity index (χ3v) is 2.18. The van der Waals surface area contributed by atoms with Gasteiger partial charge in [0.2, 0.25) is 5.82 Å². The molecule has 90 valence electrons. The van der Waals surface area contributed by atoms with Crippen molar-refractivity contribution in [3.05, 3.63) is 24.1 Å². The highest BCUT2D eigenvalue weighted by Gasteiger charge is 2.15. The van der Waals surface area contributed by atoms with Crippen LogP contribution in [0.2, 0.25) is 0 Å². The molecule has 7 heteroatoms. The van der Waals surface area contributed by atoms with Gasteiger partial charge in [-0.25, -0.2) is 0 Å². The maximum atomic E-state index is 9.38. The molecule has 0 saturated carbocycles. The second-order valence-electron chi connectivity index (χ2n) is 3.41. The van der Waals surface area contributed by atoms with Crippen molar-refractivity contribution in [1.82, 2.24) is 10.1 Å². The van der Waals surface area contributed by atoms with E-state index >= 15 is 0 Å². The average Bonchev–Trinajstić information content (AvgIpc) is 2.81. The zero-order chi connectivity index (χ0) is 12.4. The van der Waals surface area contributed by atoms with Crippen LogP contribution in [0.1, 0.15) is 12.0 Å². The van der Waals surface area contributed by atoms with E-state index in [2.05, 4.69) is 10.1 Å². The van der Waals surface area contributed by atoms with Gasteiger partial charge in [-0.3, -0.25) is 0 Å². The first kappa shape index (κ1) is 11.4. The zero-order valence-electron chi connectivity index (χ0n) is 8.74. The van der Waals surface area contributed by atoms with Crippen LogP contribution in [0.15, 0.2) is 22.7 Å². The van der Waals surface area contributed by atoms with E-state index in [0.29, 0.717) is 5.56 Å². The van der Waals surface area contributed by atoms with E-state index in [1.807, 2.05) is 0 Å². The standard InChI is InChI=1S/C10H11N3O4/c11-4-8(16)10-12-9(13-17-10)5-1-2-6(14)7(15)3-5/h1-3,8,14-16H,4,11H2. The van der Waals surface area contributed by atoms with Crippen molar-refractivity contribution in [2.75, 3.05) is 6.54 Å². The third-order valence-electron chi connectivity index (χ3n) is 2.18. The van der Waals surface area contributed by atoms with E-state index in [-0.39, 0.29) is 29.8 Å². The molecule has 1 unspecified atom stereocenters. The molecule has 1 aromatic carbocycles. The van der Waals surface area contributed by atoms with E-state index in [0.717, 1.165) is 0 Å². The average molecular weight is 237 g/mol. The molecular formula is C10H11N3O4. The maximum absolute atomic E-state index is 9.38. The molecule has 0 radical (unpaired) electrons. The molecule has 1 heterocycles. The fourth-order valence-corrected chi connectivity index (χ4v) is 1.25. The number of nitrogens with zero attached hydrogens (tertiary/aromatic N) is 2. The fraction of sp³-hybridized carbons (Fsp3) is 0.200. The summed E-state index contributed by atoms with van der Waals surface area (Å²) in [6, 6.07) is 4.11. The predicted molar refractivity (Wildman–Crippen MR) is 57.1 cm³/mol. The number of aromatic hydroxyl groups is 2. The minimum absolute atomic E-state index is 0.00932. The monoisotopic (exact) mass is 237 g/mol. The Labute approximate surface area is 96.1 Å². The first-order chi connectivity index (χ1) is 8.11. The van der Waals surface area contributed by atoms with E-state index in [1.165, 1.54) is 18.2 Å². The summed E-state index contributed by atoms with van der Waals surface area (Å²) in [6.07, 6.45) is -1.01. The minimum atomic E-state index is -1.01. The number of nitrogens with two attached hydrogens (primary N) is 1. The summed E-state index contributed by atoms with van der Waals surface area (Å²) in [5.74, 6) is -0.314. The quantitative estimate of drug-likeness (QED) is 0.559. The van der Waals surface area contributed by atoms with Crippen molar-refractivity contribution in [2.24, 2.45) is 5.73 Å². The summed E-state index contributed by atoms with van der Waals surface area (Å²) in [5, 5.41) is 31.5. The molecule has 0 bridgehead atoms. The SMILES string of the molecule is NCC(O)c1nc(-c2ccc(O)c(O)c2)no1. The molecule has 0 spiro atoms. The number of aliphatic hydroxyl groups excluding tert-OH is 1. The lowest BCUT2D eigenvalue weighted by atomic mass is 10.2. The lowest BCUT2D eigenvalue weighted by Crippen LogP contribution is -2.11. The number of hydrogen-bond donors (Lipinski definition) is 4. The van der Waals surface area contributed by atoms with Crippen LogP contribution in [0.25, 0.3) is 11.4 Å². The van der Waals surface area contributed by atoms with Gasteiger partial charge in [0.15, 0.2) is 11.5 Å².